The van der Waals surface area contributed by atoms with Gasteiger partial charge in [0, 0.05) is 5.41 Å². The van der Waals surface area contributed by atoms with Crippen molar-refractivity contribution in [2.45, 2.75) is 76.3 Å². The van der Waals surface area contributed by atoms with E-state index in [1.807, 2.05) is 0 Å². The molecule has 1 aliphatic heterocycles. The Kier molecular flexibility index (Phi) is 1.82. The van der Waals surface area contributed by atoms with E-state index in [1.54, 1.807) is 0 Å². The second-order valence-electron chi connectivity index (χ2n) is 7.28. The lowest BCUT2D eigenvalue weighted by Gasteiger charge is -2.46. The molecule has 0 radical (unpaired) electrons. The van der Waals surface area contributed by atoms with Crippen molar-refractivity contribution < 1.29 is 0 Å². The van der Waals surface area contributed by atoms with Gasteiger partial charge in [0.1, 0.15) is 0 Å². The Morgan fingerprint density at radius 2 is 1.29 bits per heavy atom. The van der Waals surface area contributed by atoms with Crippen molar-refractivity contribution in [2.75, 3.05) is 0 Å². The predicted octanol–water partition coefficient (Wildman–Crippen LogP) is 4.35. The third-order valence-corrected chi connectivity index (χ3v) is 7.07. The summed E-state index contributed by atoms with van der Waals surface area (Å²) in [5.41, 5.74) is 0.834. The molecule has 0 aromatic rings. The highest BCUT2D eigenvalue weighted by Crippen LogP contribution is 2.74. The Balaban J connectivity index is 1.87. The van der Waals surface area contributed by atoms with Crippen LogP contribution in [0.1, 0.15) is 65.2 Å². The maximum atomic E-state index is 4.85. The molecule has 0 saturated heterocycles. The highest BCUT2D eigenvalue weighted by molar-refractivity contribution is 5.30. The van der Waals surface area contributed by atoms with Gasteiger partial charge in [-0.2, -0.15) is 10.2 Å². The summed E-state index contributed by atoms with van der Waals surface area (Å²) < 4.78 is 0. The molecule has 17 heavy (non-hydrogen) atoms. The zero-order chi connectivity index (χ0) is 11.7. The van der Waals surface area contributed by atoms with Crippen LogP contribution < -0.4 is 0 Å². The molecular formula is C15H24N2. The lowest BCUT2D eigenvalue weighted by molar-refractivity contribution is 0.0640. The van der Waals surface area contributed by atoms with Crippen LogP contribution in [0.15, 0.2) is 10.2 Å². The summed E-state index contributed by atoms with van der Waals surface area (Å²) in [6.07, 6.45) is 11.3. The summed E-state index contributed by atoms with van der Waals surface area (Å²) in [4.78, 5) is 0. The molecule has 2 heteroatoms. The first kappa shape index (κ1) is 10.5. The van der Waals surface area contributed by atoms with Gasteiger partial charge in [-0.3, -0.25) is 0 Å². The van der Waals surface area contributed by atoms with Gasteiger partial charge >= 0.3 is 0 Å². The van der Waals surface area contributed by atoms with E-state index in [0.29, 0.717) is 5.41 Å². The number of hydrogen-bond acceptors (Lipinski definition) is 2. The Morgan fingerprint density at radius 3 is 1.82 bits per heavy atom. The third kappa shape index (κ3) is 0.901. The minimum absolute atomic E-state index is 0.198. The Labute approximate surface area is 104 Å². The van der Waals surface area contributed by atoms with E-state index in [2.05, 4.69) is 13.8 Å². The molecule has 3 saturated carbocycles. The second-order valence-corrected chi connectivity index (χ2v) is 7.28. The van der Waals surface area contributed by atoms with Crippen LogP contribution in [0.2, 0.25) is 0 Å². The van der Waals surface area contributed by atoms with Gasteiger partial charge < -0.3 is 0 Å². The number of nitrogens with zero attached hydrogens (tertiary/aromatic N) is 2. The summed E-state index contributed by atoms with van der Waals surface area (Å²) in [5.74, 6) is 1.70. The quantitative estimate of drug-likeness (QED) is 0.593. The van der Waals surface area contributed by atoms with Gasteiger partial charge in [0.05, 0.1) is 11.1 Å². The minimum atomic E-state index is 0.198. The molecule has 4 aliphatic rings. The summed E-state index contributed by atoms with van der Waals surface area (Å²) >= 11 is 0. The maximum Gasteiger partial charge on any atom is 0.0899 e. The zero-order valence-electron chi connectivity index (χ0n) is 11.2. The van der Waals surface area contributed by atoms with Crippen LogP contribution in [0.3, 0.4) is 0 Å². The van der Waals surface area contributed by atoms with Crippen molar-refractivity contribution >= 4 is 0 Å². The fraction of sp³-hybridized carbons (Fsp3) is 1.00. The molecule has 0 unspecified atom stereocenters. The second kappa shape index (κ2) is 2.95. The minimum Gasteiger partial charge on any atom is -0.186 e. The van der Waals surface area contributed by atoms with Gasteiger partial charge in [-0.25, -0.2) is 0 Å². The molecule has 3 aliphatic carbocycles. The summed E-state index contributed by atoms with van der Waals surface area (Å²) in [7, 11) is 0. The lowest BCUT2D eigenvalue weighted by atomic mass is 9.57. The van der Waals surface area contributed by atoms with Crippen molar-refractivity contribution in [1.82, 2.24) is 0 Å². The molecule has 2 nitrogen and oxygen atoms in total. The van der Waals surface area contributed by atoms with E-state index in [9.17, 15) is 0 Å². The summed E-state index contributed by atoms with van der Waals surface area (Å²) in [6, 6.07) is 0. The zero-order valence-corrected chi connectivity index (χ0v) is 11.2. The standard InChI is InChI=1S/C15H24N2/c1-13-11-7-6-8-12(11)14(2,17-16-13)15(13)9-4-3-5-10-15/h11-12H,3-10H2,1-2H3/t11-,12+,13-,14+. The van der Waals surface area contributed by atoms with E-state index < -0.39 is 0 Å². The summed E-state index contributed by atoms with van der Waals surface area (Å²) in [5, 5.41) is 9.70. The molecule has 3 fully saturated rings. The van der Waals surface area contributed by atoms with Crippen molar-refractivity contribution in [3.8, 4) is 0 Å². The molecule has 1 spiro atoms. The number of hydrogen-bond donors (Lipinski definition) is 0. The summed E-state index contributed by atoms with van der Waals surface area (Å²) in [6.45, 7) is 4.89. The molecule has 4 atom stereocenters. The van der Waals surface area contributed by atoms with Gasteiger partial charge in [0.25, 0.3) is 0 Å². The third-order valence-electron chi connectivity index (χ3n) is 7.07. The van der Waals surface area contributed by atoms with E-state index in [0.717, 1.165) is 11.8 Å². The topological polar surface area (TPSA) is 24.7 Å². The van der Waals surface area contributed by atoms with Gasteiger partial charge in [0.2, 0.25) is 0 Å². The molecular weight excluding hydrogens is 208 g/mol. The molecule has 94 valence electrons. The van der Waals surface area contributed by atoms with Crippen LogP contribution in [0.5, 0.6) is 0 Å². The van der Waals surface area contributed by atoms with Gasteiger partial charge in [0.15, 0.2) is 0 Å². The van der Waals surface area contributed by atoms with Crippen LogP contribution in [0.4, 0.5) is 0 Å². The van der Waals surface area contributed by atoms with Gasteiger partial charge in [-0.15, -0.1) is 0 Å². The normalized spacial score (nSPS) is 54.5. The van der Waals surface area contributed by atoms with Gasteiger partial charge in [-0.05, 0) is 51.4 Å². The first-order valence-corrected chi connectivity index (χ1v) is 7.58. The van der Waals surface area contributed by atoms with E-state index >= 15 is 0 Å². The predicted molar refractivity (Wildman–Crippen MR) is 68.0 cm³/mol. The van der Waals surface area contributed by atoms with Crippen molar-refractivity contribution in [2.24, 2.45) is 27.5 Å². The van der Waals surface area contributed by atoms with Crippen LogP contribution in [-0.4, -0.2) is 11.1 Å². The molecule has 4 rings (SSSR count). The first-order chi connectivity index (χ1) is 8.14. The number of fused-ring (bicyclic) bond motifs is 3. The average Bonchev–Trinajstić information content (AvgIpc) is 2.95. The molecule has 0 amide bonds. The largest absolute Gasteiger partial charge is 0.186 e. The molecule has 2 bridgehead atoms. The lowest BCUT2D eigenvalue weighted by Crippen LogP contribution is -2.50. The smallest absolute Gasteiger partial charge is 0.0899 e. The van der Waals surface area contributed by atoms with Crippen molar-refractivity contribution in [1.29, 1.82) is 0 Å². The highest BCUT2D eigenvalue weighted by atomic mass is 15.3. The van der Waals surface area contributed by atoms with Crippen molar-refractivity contribution in [3.63, 3.8) is 0 Å². The Morgan fingerprint density at radius 1 is 0.765 bits per heavy atom. The fourth-order valence-electron chi connectivity index (χ4n) is 6.24. The molecule has 0 aromatic heterocycles. The van der Waals surface area contributed by atoms with Crippen LogP contribution >= 0.6 is 0 Å². The van der Waals surface area contributed by atoms with Crippen molar-refractivity contribution in [3.05, 3.63) is 0 Å². The van der Waals surface area contributed by atoms with E-state index in [-0.39, 0.29) is 11.1 Å². The van der Waals surface area contributed by atoms with E-state index in [1.165, 1.54) is 51.4 Å². The molecule has 0 N–H and O–H groups in total. The monoisotopic (exact) mass is 232 g/mol. The Bertz CT molecular complexity index is 354. The average molecular weight is 232 g/mol. The van der Waals surface area contributed by atoms with E-state index in [4.69, 9.17) is 10.2 Å². The highest BCUT2D eigenvalue weighted by Gasteiger charge is 2.76. The maximum absolute atomic E-state index is 4.85. The van der Waals surface area contributed by atoms with Crippen LogP contribution in [0.25, 0.3) is 0 Å². The van der Waals surface area contributed by atoms with Gasteiger partial charge in [-0.1, -0.05) is 25.7 Å². The SMILES string of the molecule is C[C@]12N=N[C@](C)([C@@H]3CCC[C@@H]31)C21CCCCC1. The number of rotatable bonds is 0. The fourth-order valence-corrected chi connectivity index (χ4v) is 6.24. The molecule has 1 heterocycles. The first-order valence-electron chi connectivity index (χ1n) is 7.58. The Hall–Kier alpha value is -0.400. The number of azo groups is 1. The van der Waals surface area contributed by atoms with Crippen LogP contribution in [-0.2, 0) is 0 Å². The molecule has 0 aromatic carbocycles. The van der Waals surface area contributed by atoms with Crippen LogP contribution in [0, 0.1) is 17.3 Å².